The molecule has 0 heterocycles. The highest BCUT2D eigenvalue weighted by atomic mass is 32.2. The van der Waals surface area contributed by atoms with Gasteiger partial charge in [0.1, 0.15) is 0 Å². The molecule has 0 aromatic heterocycles. The highest BCUT2D eigenvalue weighted by Crippen LogP contribution is 2.00. The Kier molecular flexibility index (Phi) is 6.20. The molecule has 1 atom stereocenters. The van der Waals surface area contributed by atoms with E-state index in [1.807, 2.05) is 13.2 Å². The van der Waals surface area contributed by atoms with E-state index in [0.29, 0.717) is 0 Å². The van der Waals surface area contributed by atoms with Gasteiger partial charge in [-0.1, -0.05) is 0 Å². The topological polar surface area (TPSA) is 46.3 Å². The summed E-state index contributed by atoms with van der Waals surface area (Å²) < 4.78 is 0. The van der Waals surface area contributed by atoms with E-state index in [4.69, 9.17) is 5.73 Å². The molecule has 0 saturated carbocycles. The van der Waals surface area contributed by atoms with Gasteiger partial charge in [-0.25, -0.2) is 0 Å². The number of nitrogens with two attached hydrogens (primary N) is 1. The van der Waals surface area contributed by atoms with E-state index in [9.17, 15) is 4.79 Å². The predicted octanol–water partition coefficient (Wildman–Crippen LogP) is 0.545. The van der Waals surface area contributed by atoms with Gasteiger partial charge in [0.25, 0.3) is 0 Å². The SMILES string of the molecule is CCN(C)C(=O)[C@H](N)CCSC. The zero-order valence-corrected chi connectivity index (χ0v) is 8.86. The lowest BCUT2D eigenvalue weighted by Crippen LogP contribution is -2.41. The van der Waals surface area contributed by atoms with Gasteiger partial charge in [-0.15, -0.1) is 0 Å². The van der Waals surface area contributed by atoms with Gasteiger partial charge in [-0.05, 0) is 25.4 Å². The summed E-state index contributed by atoms with van der Waals surface area (Å²) in [6.07, 6.45) is 2.78. The molecule has 3 nitrogen and oxygen atoms in total. The first-order valence-corrected chi connectivity index (χ1v) is 5.52. The van der Waals surface area contributed by atoms with Gasteiger partial charge in [-0.2, -0.15) is 11.8 Å². The van der Waals surface area contributed by atoms with Crippen molar-refractivity contribution in [3.8, 4) is 0 Å². The minimum atomic E-state index is -0.317. The maximum absolute atomic E-state index is 11.4. The number of carbonyl (C=O) groups is 1. The van der Waals surface area contributed by atoms with Crippen LogP contribution in [0.4, 0.5) is 0 Å². The number of hydrogen-bond donors (Lipinski definition) is 1. The van der Waals surface area contributed by atoms with Crippen molar-refractivity contribution in [1.82, 2.24) is 4.90 Å². The van der Waals surface area contributed by atoms with Crippen LogP contribution < -0.4 is 5.73 Å². The van der Waals surface area contributed by atoms with Crippen molar-refractivity contribution in [3.05, 3.63) is 0 Å². The molecule has 0 radical (unpaired) electrons. The number of nitrogens with zero attached hydrogens (tertiary/aromatic N) is 1. The molecular formula is C8H18N2OS. The second kappa shape index (κ2) is 6.31. The normalized spacial score (nSPS) is 12.7. The van der Waals surface area contributed by atoms with E-state index in [1.54, 1.807) is 23.7 Å². The van der Waals surface area contributed by atoms with E-state index in [0.717, 1.165) is 18.7 Å². The molecule has 4 heteroatoms. The van der Waals surface area contributed by atoms with Crippen molar-refractivity contribution < 1.29 is 4.79 Å². The Morgan fingerprint density at radius 3 is 2.67 bits per heavy atom. The third-order valence-corrected chi connectivity index (χ3v) is 2.44. The first kappa shape index (κ1) is 11.8. The largest absolute Gasteiger partial charge is 0.345 e. The molecule has 0 bridgehead atoms. The Bertz CT molecular complexity index is 141. The lowest BCUT2D eigenvalue weighted by molar-refractivity contribution is -0.131. The zero-order chi connectivity index (χ0) is 9.56. The van der Waals surface area contributed by atoms with Gasteiger partial charge >= 0.3 is 0 Å². The molecule has 0 rings (SSSR count). The molecule has 2 N–H and O–H groups in total. The van der Waals surface area contributed by atoms with E-state index in [1.165, 1.54) is 0 Å². The van der Waals surface area contributed by atoms with Crippen LogP contribution in [0.2, 0.25) is 0 Å². The van der Waals surface area contributed by atoms with Crippen molar-refractivity contribution in [2.45, 2.75) is 19.4 Å². The van der Waals surface area contributed by atoms with Crippen LogP contribution in [0.3, 0.4) is 0 Å². The third kappa shape index (κ3) is 3.97. The maximum atomic E-state index is 11.4. The summed E-state index contributed by atoms with van der Waals surface area (Å²) in [4.78, 5) is 13.0. The summed E-state index contributed by atoms with van der Waals surface area (Å²) in [7, 11) is 1.78. The van der Waals surface area contributed by atoms with E-state index < -0.39 is 0 Å². The van der Waals surface area contributed by atoms with Crippen molar-refractivity contribution in [1.29, 1.82) is 0 Å². The standard InChI is InChI=1S/C8H18N2OS/c1-4-10(2)8(11)7(9)5-6-12-3/h7H,4-6,9H2,1-3H3/t7-/m1/s1. The first-order chi connectivity index (χ1) is 5.63. The van der Waals surface area contributed by atoms with Crippen molar-refractivity contribution in [3.63, 3.8) is 0 Å². The maximum Gasteiger partial charge on any atom is 0.239 e. The van der Waals surface area contributed by atoms with Crippen LogP contribution in [-0.4, -0.2) is 42.4 Å². The summed E-state index contributed by atoms with van der Waals surface area (Å²) in [5.74, 6) is 0.997. The lowest BCUT2D eigenvalue weighted by atomic mass is 10.2. The highest BCUT2D eigenvalue weighted by Gasteiger charge is 2.15. The minimum absolute atomic E-state index is 0.0477. The quantitative estimate of drug-likeness (QED) is 0.688. The van der Waals surface area contributed by atoms with Gasteiger partial charge in [0, 0.05) is 13.6 Å². The fraction of sp³-hybridized carbons (Fsp3) is 0.875. The average Bonchev–Trinajstić information content (AvgIpc) is 2.11. The van der Waals surface area contributed by atoms with Gasteiger partial charge in [-0.3, -0.25) is 4.79 Å². The second-order valence-corrected chi connectivity index (χ2v) is 3.73. The molecule has 1 amide bonds. The monoisotopic (exact) mass is 190 g/mol. The molecule has 0 aromatic carbocycles. The lowest BCUT2D eigenvalue weighted by Gasteiger charge is -2.19. The number of amides is 1. The molecule has 0 unspecified atom stereocenters. The van der Waals surface area contributed by atoms with Crippen LogP contribution in [0.15, 0.2) is 0 Å². The molecule has 0 aromatic rings. The molecule has 0 saturated heterocycles. The van der Waals surface area contributed by atoms with Gasteiger partial charge in [0.05, 0.1) is 6.04 Å². The van der Waals surface area contributed by atoms with Gasteiger partial charge in [0.2, 0.25) is 5.91 Å². The first-order valence-electron chi connectivity index (χ1n) is 4.13. The van der Waals surface area contributed by atoms with Gasteiger partial charge in [0.15, 0.2) is 0 Å². The Hall–Kier alpha value is -0.220. The molecular weight excluding hydrogens is 172 g/mol. The molecule has 0 spiro atoms. The number of hydrogen-bond acceptors (Lipinski definition) is 3. The van der Waals surface area contributed by atoms with Crippen LogP contribution in [0.5, 0.6) is 0 Å². The molecule has 0 aliphatic heterocycles. The van der Waals surface area contributed by atoms with Crippen LogP contribution in [0.25, 0.3) is 0 Å². The smallest absolute Gasteiger partial charge is 0.239 e. The molecule has 0 aliphatic rings. The Balaban J connectivity index is 3.75. The van der Waals surface area contributed by atoms with Crippen LogP contribution >= 0.6 is 11.8 Å². The third-order valence-electron chi connectivity index (χ3n) is 1.80. The average molecular weight is 190 g/mol. The summed E-state index contributed by atoms with van der Waals surface area (Å²) in [6, 6.07) is -0.317. The minimum Gasteiger partial charge on any atom is -0.345 e. The Labute approximate surface area is 78.7 Å². The number of carbonyl (C=O) groups excluding carboxylic acids is 1. The van der Waals surface area contributed by atoms with Crippen molar-refractivity contribution >= 4 is 17.7 Å². The zero-order valence-electron chi connectivity index (χ0n) is 8.04. The van der Waals surface area contributed by atoms with E-state index in [-0.39, 0.29) is 11.9 Å². The predicted molar refractivity (Wildman–Crippen MR) is 54.3 cm³/mol. The fourth-order valence-electron chi connectivity index (χ4n) is 0.807. The number of thioether (sulfide) groups is 1. The molecule has 0 aliphatic carbocycles. The fourth-order valence-corrected chi connectivity index (χ4v) is 1.30. The van der Waals surface area contributed by atoms with Crippen LogP contribution in [0.1, 0.15) is 13.3 Å². The summed E-state index contributed by atoms with van der Waals surface area (Å²) in [5.41, 5.74) is 5.68. The van der Waals surface area contributed by atoms with Crippen molar-refractivity contribution in [2.75, 3.05) is 25.6 Å². The van der Waals surface area contributed by atoms with Crippen molar-refractivity contribution in [2.24, 2.45) is 5.73 Å². The van der Waals surface area contributed by atoms with Crippen LogP contribution in [-0.2, 0) is 4.79 Å². The van der Waals surface area contributed by atoms with E-state index >= 15 is 0 Å². The second-order valence-electron chi connectivity index (χ2n) is 2.74. The molecule has 12 heavy (non-hydrogen) atoms. The summed E-state index contributed by atoms with van der Waals surface area (Å²) >= 11 is 1.72. The summed E-state index contributed by atoms with van der Waals surface area (Å²) in [5, 5.41) is 0. The Morgan fingerprint density at radius 1 is 1.67 bits per heavy atom. The number of likely N-dealkylation sites (N-methyl/N-ethyl adjacent to an activating group) is 1. The van der Waals surface area contributed by atoms with Gasteiger partial charge < -0.3 is 10.6 Å². The van der Waals surface area contributed by atoms with Crippen LogP contribution in [0, 0.1) is 0 Å². The Morgan fingerprint density at radius 2 is 2.25 bits per heavy atom. The molecule has 72 valence electrons. The highest BCUT2D eigenvalue weighted by molar-refractivity contribution is 7.98. The summed E-state index contributed by atoms with van der Waals surface area (Å²) in [6.45, 7) is 2.67. The number of rotatable bonds is 5. The van der Waals surface area contributed by atoms with E-state index in [2.05, 4.69) is 0 Å². The molecule has 0 fully saturated rings.